The highest BCUT2D eigenvalue weighted by Gasteiger charge is 2.24. The summed E-state index contributed by atoms with van der Waals surface area (Å²) in [6.45, 7) is 5.59. The summed E-state index contributed by atoms with van der Waals surface area (Å²) in [6, 6.07) is 6.36. The Morgan fingerprint density at radius 1 is 1.10 bits per heavy atom. The highest BCUT2D eigenvalue weighted by atomic mass is 19.2. The van der Waals surface area contributed by atoms with Gasteiger partial charge in [0.15, 0.2) is 11.6 Å². The van der Waals surface area contributed by atoms with E-state index in [1.54, 1.807) is 6.08 Å². The second-order valence-corrected chi connectivity index (χ2v) is 4.97. The molecule has 1 nitrogen and oxygen atoms in total. The van der Waals surface area contributed by atoms with Gasteiger partial charge in [-0.05, 0) is 36.2 Å². The Morgan fingerprint density at radius 3 is 2.57 bits per heavy atom. The van der Waals surface area contributed by atoms with E-state index < -0.39 is 11.6 Å². The minimum Gasteiger partial charge on any atom is -0.457 e. The first-order valence-corrected chi connectivity index (χ1v) is 6.68. The first kappa shape index (κ1) is 13.6. The van der Waals surface area contributed by atoms with Gasteiger partial charge in [-0.2, -0.15) is 0 Å². The molecular formula is C18H14F2O. The van der Waals surface area contributed by atoms with Crippen molar-refractivity contribution in [2.45, 2.75) is 13.3 Å². The van der Waals surface area contributed by atoms with E-state index in [0.29, 0.717) is 17.9 Å². The number of rotatable bonds is 2. The molecule has 1 aliphatic heterocycles. The van der Waals surface area contributed by atoms with Crippen LogP contribution in [0.1, 0.15) is 22.3 Å². The van der Waals surface area contributed by atoms with Crippen molar-refractivity contribution in [2.24, 2.45) is 0 Å². The van der Waals surface area contributed by atoms with Gasteiger partial charge in [-0.25, -0.2) is 8.78 Å². The molecule has 0 bridgehead atoms. The van der Waals surface area contributed by atoms with Gasteiger partial charge < -0.3 is 4.74 Å². The topological polar surface area (TPSA) is 9.23 Å². The highest BCUT2D eigenvalue weighted by Crippen LogP contribution is 2.40. The molecular weight excluding hydrogens is 270 g/mol. The SMILES string of the molecule is C=C/C=C\c1ccc2c(c1C)Cc1c(ccc(F)c1F)O2. The lowest BCUT2D eigenvalue weighted by Crippen LogP contribution is -2.08. The van der Waals surface area contributed by atoms with Crippen molar-refractivity contribution in [3.63, 3.8) is 0 Å². The number of fused-ring (bicyclic) bond motifs is 2. The van der Waals surface area contributed by atoms with Crippen LogP contribution in [0.5, 0.6) is 11.5 Å². The third-order valence-electron chi connectivity index (χ3n) is 3.74. The van der Waals surface area contributed by atoms with Crippen LogP contribution in [-0.2, 0) is 6.42 Å². The van der Waals surface area contributed by atoms with Crippen molar-refractivity contribution < 1.29 is 13.5 Å². The largest absolute Gasteiger partial charge is 0.457 e. The molecule has 0 N–H and O–H groups in total. The summed E-state index contributed by atoms with van der Waals surface area (Å²) in [5.74, 6) is -0.595. The van der Waals surface area contributed by atoms with Crippen molar-refractivity contribution >= 4 is 6.08 Å². The standard InChI is InChI=1S/C18H14F2O/c1-3-4-5-12-6-8-16-13(11(12)2)10-14-17(21-16)9-7-15(19)18(14)20/h3-9H,1,10H2,2H3/b5-4-. The fourth-order valence-corrected chi connectivity index (χ4v) is 2.55. The molecule has 0 amide bonds. The van der Waals surface area contributed by atoms with Gasteiger partial charge in [-0.3, -0.25) is 0 Å². The van der Waals surface area contributed by atoms with Gasteiger partial charge >= 0.3 is 0 Å². The Balaban J connectivity index is 2.10. The van der Waals surface area contributed by atoms with Crippen LogP contribution < -0.4 is 4.74 Å². The smallest absolute Gasteiger partial charge is 0.166 e. The van der Waals surface area contributed by atoms with Gasteiger partial charge in [0.1, 0.15) is 11.5 Å². The van der Waals surface area contributed by atoms with E-state index >= 15 is 0 Å². The fourth-order valence-electron chi connectivity index (χ4n) is 2.55. The van der Waals surface area contributed by atoms with Crippen LogP contribution in [0.4, 0.5) is 8.78 Å². The van der Waals surface area contributed by atoms with Crippen molar-refractivity contribution in [3.8, 4) is 11.5 Å². The summed E-state index contributed by atoms with van der Waals surface area (Å²) in [5, 5.41) is 0. The molecule has 106 valence electrons. The summed E-state index contributed by atoms with van der Waals surface area (Å²) >= 11 is 0. The minimum absolute atomic E-state index is 0.274. The summed E-state index contributed by atoms with van der Waals surface area (Å²) in [7, 11) is 0. The Bertz CT molecular complexity index is 760. The number of benzene rings is 2. The van der Waals surface area contributed by atoms with Gasteiger partial charge in [0.05, 0.1) is 0 Å². The van der Waals surface area contributed by atoms with Gasteiger partial charge in [-0.1, -0.05) is 30.9 Å². The van der Waals surface area contributed by atoms with Gasteiger partial charge in [-0.15, -0.1) is 0 Å². The van der Waals surface area contributed by atoms with Crippen LogP contribution >= 0.6 is 0 Å². The number of halogens is 2. The number of ether oxygens (including phenoxy) is 1. The van der Waals surface area contributed by atoms with E-state index in [4.69, 9.17) is 4.74 Å². The molecule has 1 aliphatic rings. The fraction of sp³-hybridized carbons (Fsp3) is 0.111. The summed E-state index contributed by atoms with van der Waals surface area (Å²) in [4.78, 5) is 0. The van der Waals surface area contributed by atoms with E-state index in [1.807, 2.05) is 31.2 Å². The average Bonchev–Trinajstić information content (AvgIpc) is 2.49. The first-order valence-electron chi connectivity index (χ1n) is 6.68. The van der Waals surface area contributed by atoms with Crippen molar-refractivity contribution in [1.29, 1.82) is 0 Å². The zero-order valence-electron chi connectivity index (χ0n) is 11.6. The molecule has 0 spiro atoms. The minimum atomic E-state index is -0.846. The van der Waals surface area contributed by atoms with E-state index in [9.17, 15) is 8.78 Å². The zero-order valence-corrected chi connectivity index (χ0v) is 11.6. The molecule has 0 fully saturated rings. The van der Waals surface area contributed by atoms with Crippen molar-refractivity contribution in [2.75, 3.05) is 0 Å². The van der Waals surface area contributed by atoms with Gasteiger partial charge in [0.2, 0.25) is 0 Å². The van der Waals surface area contributed by atoms with Crippen LogP contribution in [0.25, 0.3) is 6.08 Å². The summed E-state index contributed by atoms with van der Waals surface area (Å²) in [6.07, 6.45) is 5.79. The number of hydrogen-bond acceptors (Lipinski definition) is 1. The quantitative estimate of drug-likeness (QED) is 0.590. The Kier molecular flexibility index (Phi) is 3.34. The molecule has 0 aromatic heterocycles. The molecule has 0 saturated heterocycles. The number of allylic oxidation sites excluding steroid dienone is 2. The van der Waals surface area contributed by atoms with E-state index in [0.717, 1.165) is 22.8 Å². The van der Waals surface area contributed by atoms with Crippen molar-refractivity contribution in [3.05, 3.63) is 76.9 Å². The maximum Gasteiger partial charge on any atom is 0.166 e. The maximum atomic E-state index is 13.9. The highest BCUT2D eigenvalue weighted by molar-refractivity contribution is 5.62. The first-order chi connectivity index (χ1) is 10.1. The van der Waals surface area contributed by atoms with Crippen LogP contribution in [0.2, 0.25) is 0 Å². The third-order valence-corrected chi connectivity index (χ3v) is 3.74. The molecule has 0 aliphatic carbocycles. The lowest BCUT2D eigenvalue weighted by molar-refractivity contribution is 0.433. The van der Waals surface area contributed by atoms with Gasteiger partial charge in [0, 0.05) is 17.5 Å². The molecule has 1 heterocycles. The molecule has 0 saturated carbocycles. The maximum absolute atomic E-state index is 13.9. The van der Waals surface area contributed by atoms with Crippen LogP contribution in [-0.4, -0.2) is 0 Å². The van der Waals surface area contributed by atoms with Gasteiger partial charge in [0.25, 0.3) is 0 Å². The molecule has 2 aromatic carbocycles. The third kappa shape index (κ3) is 2.25. The lowest BCUT2D eigenvalue weighted by Gasteiger charge is -2.23. The Hall–Kier alpha value is -2.42. The number of hydrogen-bond donors (Lipinski definition) is 0. The van der Waals surface area contributed by atoms with E-state index in [1.165, 1.54) is 6.07 Å². The monoisotopic (exact) mass is 284 g/mol. The van der Waals surface area contributed by atoms with E-state index in [2.05, 4.69) is 6.58 Å². The summed E-state index contributed by atoms with van der Waals surface area (Å²) in [5.41, 5.74) is 3.17. The van der Waals surface area contributed by atoms with Crippen molar-refractivity contribution in [1.82, 2.24) is 0 Å². The average molecular weight is 284 g/mol. The van der Waals surface area contributed by atoms with Crippen LogP contribution in [0.3, 0.4) is 0 Å². The van der Waals surface area contributed by atoms with Crippen LogP contribution in [0.15, 0.2) is 43.0 Å². The molecule has 0 unspecified atom stereocenters. The molecule has 21 heavy (non-hydrogen) atoms. The lowest BCUT2D eigenvalue weighted by atomic mass is 9.93. The zero-order chi connectivity index (χ0) is 15.0. The normalized spacial score (nSPS) is 12.7. The Morgan fingerprint density at radius 2 is 1.81 bits per heavy atom. The predicted octanol–water partition coefficient (Wildman–Crippen LogP) is 5.17. The molecule has 0 atom stereocenters. The molecule has 2 aromatic rings. The van der Waals surface area contributed by atoms with E-state index in [-0.39, 0.29) is 5.56 Å². The molecule has 3 rings (SSSR count). The van der Waals surface area contributed by atoms with Crippen LogP contribution in [0, 0.1) is 18.6 Å². The summed E-state index contributed by atoms with van der Waals surface area (Å²) < 4.78 is 33.0. The molecule has 0 radical (unpaired) electrons. The second kappa shape index (κ2) is 5.17. The second-order valence-electron chi connectivity index (χ2n) is 4.97. The predicted molar refractivity (Wildman–Crippen MR) is 79.6 cm³/mol. The molecule has 3 heteroatoms. The Labute approximate surface area is 122 Å².